The maximum atomic E-state index is 11.7. The van der Waals surface area contributed by atoms with Gasteiger partial charge in [-0.3, -0.25) is 19.2 Å². The van der Waals surface area contributed by atoms with E-state index in [9.17, 15) is 19.2 Å². The molecule has 164 valence electrons. The molecule has 0 aliphatic rings. The van der Waals surface area contributed by atoms with Gasteiger partial charge in [-0.05, 0) is 41.5 Å². The number of esters is 2. The highest BCUT2D eigenvalue weighted by Gasteiger charge is 2.36. The maximum absolute atomic E-state index is 11.7. The van der Waals surface area contributed by atoms with Gasteiger partial charge in [-0.2, -0.15) is 0 Å². The van der Waals surface area contributed by atoms with Crippen molar-refractivity contribution in [3.05, 3.63) is 25.3 Å². The van der Waals surface area contributed by atoms with Crippen LogP contribution in [0.2, 0.25) is 0 Å². The van der Waals surface area contributed by atoms with Gasteiger partial charge in [0.15, 0.2) is 0 Å². The quantitative estimate of drug-likeness (QED) is 0.246. The van der Waals surface area contributed by atoms with Crippen LogP contribution >= 0.6 is 0 Å². The fourth-order valence-electron chi connectivity index (χ4n) is 3.03. The lowest BCUT2D eigenvalue weighted by atomic mass is 9.93. The summed E-state index contributed by atoms with van der Waals surface area (Å²) >= 11 is 0. The van der Waals surface area contributed by atoms with E-state index in [-0.39, 0.29) is 24.4 Å². The molecule has 4 unspecified atom stereocenters. The largest absolute Gasteiger partial charge is 0.462 e. The first-order valence-electron chi connectivity index (χ1n) is 9.59. The van der Waals surface area contributed by atoms with Crippen molar-refractivity contribution in [3.8, 4) is 0 Å². The molecule has 0 aromatic carbocycles. The molecule has 0 saturated heterocycles. The number of carbonyl (C=O) groups excluding carboxylic acids is 4. The first-order chi connectivity index (χ1) is 13.2. The summed E-state index contributed by atoms with van der Waals surface area (Å²) in [6.45, 7) is 17.3. The molecule has 4 atom stereocenters. The van der Waals surface area contributed by atoms with Crippen LogP contribution in [0.1, 0.15) is 67.2 Å². The Hall–Kier alpha value is -2.28. The zero-order valence-corrected chi connectivity index (χ0v) is 18.4. The van der Waals surface area contributed by atoms with Crippen LogP contribution in [0.15, 0.2) is 25.3 Å². The standard InChI is InChI=1S/C22H34O7/c1-9-21(7,13-17(5)27-19(25)11-15(3)23)29-22(8,10-2)14-18(6)28-20(26)12-16(4)24/h9-10,17-18H,1-2,11-14H2,3-8H3. The average Bonchev–Trinajstić information content (AvgIpc) is 2.51. The van der Waals surface area contributed by atoms with E-state index in [0.29, 0.717) is 12.8 Å². The van der Waals surface area contributed by atoms with E-state index < -0.39 is 35.3 Å². The Balaban J connectivity index is 5.03. The van der Waals surface area contributed by atoms with E-state index in [2.05, 4.69) is 13.2 Å². The minimum absolute atomic E-state index is 0.266. The number of Topliss-reactive ketones (excluding diaryl/α,β-unsaturated/α-hetero) is 2. The molecule has 0 saturated carbocycles. The summed E-state index contributed by atoms with van der Waals surface area (Å²) in [5.74, 6) is -1.71. The van der Waals surface area contributed by atoms with E-state index in [1.54, 1.807) is 39.8 Å². The van der Waals surface area contributed by atoms with Gasteiger partial charge in [0.25, 0.3) is 0 Å². The summed E-state index contributed by atoms with van der Waals surface area (Å²) in [6, 6.07) is 0. The van der Waals surface area contributed by atoms with Crippen LogP contribution in [0.25, 0.3) is 0 Å². The molecule has 0 aromatic heterocycles. The molecule has 0 fully saturated rings. The van der Waals surface area contributed by atoms with Crippen molar-refractivity contribution in [2.45, 2.75) is 90.6 Å². The van der Waals surface area contributed by atoms with Gasteiger partial charge >= 0.3 is 11.9 Å². The van der Waals surface area contributed by atoms with E-state index in [0.717, 1.165) is 0 Å². The number of ether oxygens (including phenoxy) is 3. The molecule has 7 nitrogen and oxygen atoms in total. The zero-order valence-electron chi connectivity index (χ0n) is 18.4. The Morgan fingerprint density at radius 1 is 0.793 bits per heavy atom. The number of hydrogen-bond acceptors (Lipinski definition) is 7. The lowest BCUT2D eigenvalue weighted by Crippen LogP contribution is -2.43. The topological polar surface area (TPSA) is 96.0 Å². The second kappa shape index (κ2) is 11.7. The van der Waals surface area contributed by atoms with Crippen molar-refractivity contribution >= 4 is 23.5 Å². The fourth-order valence-corrected chi connectivity index (χ4v) is 3.03. The molecule has 29 heavy (non-hydrogen) atoms. The Bertz CT molecular complexity index is 585. The molecule has 0 aliphatic carbocycles. The van der Waals surface area contributed by atoms with Crippen LogP contribution in [-0.2, 0) is 33.4 Å². The number of carbonyl (C=O) groups is 4. The van der Waals surface area contributed by atoms with Gasteiger partial charge in [-0.25, -0.2) is 0 Å². The minimum Gasteiger partial charge on any atom is -0.462 e. The average molecular weight is 411 g/mol. The summed E-state index contributed by atoms with van der Waals surface area (Å²) in [6.07, 6.45) is 2.26. The molecular weight excluding hydrogens is 376 g/mol. The van der Waals surface area contributed by atoms with Crippen molar-refractivity contribution in [3.63, 3.8) is 0 Å². The fraction of sp³-hybridized carbons (Fsp3) is 0.636. The van der Waals surface area contributed by atoms with Gasteiger partial charge in [-0.15, -0.1) is 13.2 Å². The summed E-state index contributed by atoms with van der Waals surface area (Å²) in [7, 11) is 0. The Morgan fingerprint density at radius 2 is 1.10 bits per heavy atom. The molecule has 0 amide bonds. The highest BCUT2D eigenvalue weighted by atomic mass is 16.6. The van der Waals surface area contributed by atoms with Gasteiger partial charge in [0.1, 0.15) is 36.6 Å². The molecule has 0 radical (unpaired) electrons. The first kappa shape index (κ1) is 26.7. The molecule has 0 aliphatic heterocycles. The molecular formula is C22H34O7. The first-order valence-corrected chi connectivity index (χ1v) is 9.59. The molecule has 0 rings (SSSR count). The molecule has 0 bridgehead atoms. The van der Waals surface area contributed by atoms with Gasteiger partial charge in [0, 0.05) is 12.8 Å². The van der Waals surface area contributed by atoms with Crippen LogP contribution in [0.3, 0.4) is 0 Å². The maximum Gasteiger partial charge on any atom is 0.313 e. The van der Waals surface area contributed by atoms with Gasteiger partial charge in [0.05, 0.1) is 11.2 Å². The molecule has 0 spiro atoms. The van der Waals surface area contributed by atoms with Crippen molar-refractivity contribution in [1.29, 1.82) is 0 Å². The number of ketones is 2. The van der Waals surface area contributed by atoms with Gasteiger partial charge < -0.3 is 14.2 Å². The summed E-state index contributed by atoms with van der Waals surface area (Å²) in [5.41, 5.74) is -1.75. The summed E-state index contributed by atoms with van der Waals surface area (Å²) in [5, 5.41) is 0. The van der Waals surface area contributed by atoms with E-state index in [4.69, 9.17) is 14.2 Å². The van der Waals surface area contributed by atoms with Gasteiger partial charge in [-0.1, -0.05) is 12.2 Å². The summed E-state index contributed by atoms with van der Waals surface area (Å²) < 4.78 is 16.8. The van der Waals surface area contributed by atoms with E-state index >= 15 is 0 Å². The second-order valence-electron chi connectivity index (χ2n) is 7.90. The molecule has 0 heterocycles. The number of hydrogen-bond donors (Lipinski definition) is 0. The predicted octanol–water partition coefficient (Wildman–Crippen LogP) is 3.49. The lowest BCUT2D eigenvalue weighted by Gasteiger charge is -2.39. The second-order valence-corrected chi connectivity index (χ2v) is 7.90. The van der Waals surface area contributed by atoms with Crippen LogP contribution in [0.4, 0.5) is 0 Å². The molecule has 7 heteroatoms. The predicted molar refractivity (Wildman–Crippen MR) is 109 cm³/mol. The van der Waals surface area contributed by atoms with Crippen LogP contribution in [0, 0.1) is 0 Å². The Labute approximate surface area is 173 Å². The summed E-state index contributed by atoms with van der Waals surface area (Å²) in [4.78, 5) is 45.5. The third kappa shape index (κ3) is 11.3. The SMILES string of the molecule is C=CC(C)(CC(C)OC(=O)CC(C)=O)OC(C)(C=C)CC(C)OC(=O)CC(C)=O. The van der Waals surface area contributed by atoms with Crippen molar-refractivity contribution in [2.24, 2.45) is 0 Å². The monoisotopic (exact) mass is 410 g/mol. The van der Waals surface area contributed by atoms with Crippen LogP contribution in [-0.4, -0.2) is 46.9 Å². The normalized spacial score (nSPS) is 17.0. The van der Waals surface area contributed by atoms with E-state index in [1.807, 2.05) is 0 Å². The van der Waals surface area contributed by atoms with Crippen LogP contribution in [0.5, 0.6) is 0 Å². The lowest BCUT2D eigenvalue weighted by molar-refractivity contribution is -0.159. The third-order valence-corrected chi connectivity index (χ3v) is 4.17. The smallest absolute Gasteiger partial charge is 0.313 e. The zero-order chi connectivity index (χ0) is 22.8. The van der Waals surface area contributed by atoms with E-state index in [1.165, 1.54) is 13.8 Å². The molecule has 0 aromatic rings. The van der Waals surface area contributed by atoms with Crippen LogP contribution < -0.4 is 0 Å². The van der Waals surface area contributed by atoms with Crippen molar-refractivity contribution in [2.75, 3.05) is 0 Å². The van der Waals surface area contributed by atoms with Crippen molar-refractivity contribution < 1.29 is 33.4 Å². The highest BCUT2D eigenvalue weighted by Crippen LogP contribution is 2.31. The third-order valence-electron chi connectivity index (χ3n) is 4.17. The molecule has 0 N–H and O–H groups in total. The number of rotatable bonds is 14. The highest BCUT2D eigenvalue weighted by molar-refractivity contribution is 5.94. The van der Waals surface area contributed by atoms with Crippen molar-refractivity contribution in [1.82, 2.24) is 0 Å². The Morgan fingerprint density at radius 3 is 1.34 bits per heavy atom. The minimum atomic E-state index is -0.873. The van der Waals surface area contributed by atoms with Gasteiger partial charge in [0.2, 0.25) is 0 Å². The Kier molecular flexibility index (Phi) is 10.7.